The standard InChI is InChI=1S/C93H182O17P2/c1-7-9-11-13-15-17-19-21-22-23-24-25-29-35-40-46-52-58-64-70-76-91(96)104-82-89(110-92(97)77-71-65-59-53-47-41-36-30-27-26-28-33-38-43-49-55-61-67-73-85(3)4)84-108-112(101,102)106-80-87(94)79-105-111(99,100)107-83-88(81-103-90(95)75-69-63-57-51-45-20-18-16-14-12-10-8-2)109-93(98)78-72-66-60-54-48-42-37-32-31-34-39-44-50-56-62-68-74-86(5)6/h85-89,94H,7-84H2,1-6H3,(H,99,100)(H,101,102)/t87-,88+,89+/m0/s1. The summed E-state index contributed by atoms with van der Waals surface area (Å²) in [6, 6.07) is 0. The van der Waals surface area contributed by atoms with Gasteiger partial charge in [0.25, 0.3) is 0 Å². The first-order valence-electron chi connectivity index (χ1n) is 48.0. The molecule has 112 heavy (non-hydrogen) atoms. The van der Waals surface area contributed by atoms with Gasteiger partial charge >= 0.3 is 39.5 Å². The molecule has 3 N–H and O–H groups in total. The van der Waals surface area contributed by atoms with E-state index in [9.17, 15) is 43.2 Å². The van der Waals surface area contributed by atoms with Gasteiger partial charge in [-0.3, -0.25) is 37.3 Å². The fourth-order valence-electron chi connectivity index (χ4n) is 14.7. The highest BCUT2D eigenvalue weighted by Crippen LogP contribution is 2.45. The van der Waals surface area contributed by atoms with E-state index in [2.05, 4.69) is 41.5 Å². The van der Waals surface area contributed by atoms with Crippen molar-refractivity contribution in [3.63, 3.8) is 0 Å². The number of unbranched alkanes of at least 4 members (excludes halogenated alkanes) is 62. The molecule has 19 heteroatoms. The molecule has 0 aliphatic heterocycles. The first-order valence-corrected chi connectivity index (χ1v) is 51.0. The quantitative estimate of drug-likeness (QED) is 0.0222. The Labute approximate surface area is 689 Å². The zero-order valence-electron chi connectivity index (χ0n) is 74.0. The van der Waals surface area contributed by atoms with E-state index in [0.717, 1.165) is 102 Å². The molecule has 17 nitrogen and oxygen atoms in total. The summed E-state index contributed by atoms with van der Waals surface area (Å²) < 4.78 is 69.1. The van der Waals surface area contributed by atoms with Crippen molar-refractivity contribution in [2.75, 3.05) is 39.6 Å². The summed E-state index contributed by atoms with van der Waals surface area (Å²) in [5, 5.41) is 10.7. The molecule has 0 fully saturated rings. The van der Waals surface area contributed by atoms with Gasteiger partial charge in [0.1, 0.15) is 19.3 Å². The van der Waals surface area contributed by atoms with E-state index in [1.165, 1.54) is 321 Å². The van der Waals surface area contributed by atoms with Crippen molar-refractivity contribution >= 4 is 39.5 Å². The average molecular weight is 1630 g/mol. The predicted molar refractivity (Wildman–Crippen MR) is 465 cm³/mol. The van der Waals surface area contributed by atoms with Crippen LogP contribution in [0.5, 0.6) is 0 Å². The van der Waals surface area contributed by atoms with Crippen molar-refractivity contribution in [2.45, 2.75) is 522 Å². The van der Waals surface area contributed by atoms with Crippen molar-refractivity contribution < 1.29 is 80.2 Å². The first-order chi connectivity index (χ1) is 54.4. The third-order valence-electron chi connectivity index (χ3n) is 22.0. The lowest BCUT2D eigenvalue weighted by molar-refractivity contribution is -0.161. The van der Waals surface area contributed by atoms with E-state index in [4.69, 9.17) is 37.0 Å². The molecule has 0 aromatic carbocycles. The van der Waals surface area contributed by atoms with Gasteiger partial charge < -0.3 is 33.8 Å². The van der Waals surface area contributed by atoms with Crippen LogP contribution in [-0.4, -0.2) is 96.7 Å². The van der Waals surface area contributed by atoms with E-state index in [-0.39, 0.29) is 25.7 Å². The zero-order valence-corrected chi connectivity index (χ0v) is 75.8. The maximum Gasteiger partial charge on any atom is 0.472 e. The Morgan fingerprint density at radius 1 is 0.241 bits per heavy atom. The summed E-state index contributed by atoms with van der Waals surface area (Å²) in [7, 11) is -9.94. The van der Waals surface area contributed by atoms with Crippen LogP contribution in [0, 0.1) is 11.8 Å². The summed E-state index contributed by atoms with van der Waals surface area (Å²) in [5.74, 6) is -0.462. The number of phosphoric ester groups is 2. The molecule has 0 aliphatic carbocycles. The number of esters is 4. The second-order valence-corrected chi connectivity index (χ2v) is 37.3. The minimum Gasteiger partial charge on any atom is -0.462 e. The molecule has 0 spiro atoms. The van der Waals surface area contributed by atoms with Crippen LogP contribution in [0.25, 0.3) is 0 Å². The number of aliphatic hydroxyl groups excluding tert-OH is 1. The molecular formula is C93H182O17P2. The third-order valence-corrected chi connectivity index (χ3v) is 23.9. The largest absolute Gasteiger partial charge is 0.472 e. The topological polar surface area (TPSA) is 237 Å². The molecular weight excluding hydrogens is 1450 g/mol. The number of hydrogen-bond donors (Lipinski definition) is 3. The van der Waals surface area contributed by atoms with Gasteiger partial charge in [-0.2, -0.15) is 0 Å². The van der Waals surface area contributed by atoms with Crippen LogP contribution in [0.2, 0.25) is 0 Å². The van der Waals surface area contributed by atoms with Crippen LogP contribution < -0.4 is 0 Å². The van der Waals surface area contributed by atoms with Gasteiger partial charge in [-0.25, -0.2) is 9.13 Å². The summed E-state index contributed by atoms with van der Waals surface area (Å²) >= 11 is 0. The number of carbonyl (C=O) groups is 4. The van der Waals surface area contributed by atoms with E-state index >= 15 is 0 Å². The van der Waals surface area contributed by atoms with Crippen molar-refractivity contribution in [1.82, 2.24) is 0 Å². The van der Waals surface area contributed by atoms with Gasteiger partial charge in [0.15, 0.2) is 12.2 Å². The molecule has 666 valence electrons. The number of carbonyl (C=O) groups excluding carboxylic acids is 4. The Morgan fingerprint density at radius 2 is 0.411 bits per heavy atom. The molecule has 0 bridgehead atoms. The summed E-state index contributed by atoms with van der Waals surface area (Å²) in [4.78, 5) is 73.5. The van der Waals surface area contributed by atoms with Crippen LogP contribution in [0.15, 0.2) is 0 Å². The lowest BCUT2D eigenvalue weighted by atomic mass is 10.0. The second-order valence-electron chi connectivity index (χ2n) is 34.4. The highest BCUT2D eigenvalue weighted by molar-refractivity contribution is 7.47. The van der Waals surface area contributed by atoms with Crippen LogP contribution in [0.4, 0.5) is 0 Å². The van der Waals surface area contributed by atoms with Crippen LogP contribution >= 0.6 is 15.6 Å². The lowest BCUT2D eigenvalue weighted by Crippen LogP contribution is -2.30. The Hall–Kier alpha value is -1.94. The van der Waals surface area contributed by atoms with Gasteiger partial charge in [-0.1, -0.05) is 452 Å². The number of phosphoric acid groups is 2. The van der Waals surface area contributed by atoms with E-state index in [1.807, 2.05) is 0 Å². The molecule has 2 unspecified atom stereocenters. The predicted octanol–water partition coefficient (Wildman–Crippen LogP) is 29.0. The molecule has 0 saturated heterocycles. The molecule has 5 atom stereocenters. The lowest BCUT2D eigenvalue weighted by Gasteiger charge is -2.21. The first kappa shape index (κ1) is 110. The number of hydrogen-bond acceptors (Lipinski definition) is 15. The maximum atomic E-state index is 13.2. The highest BCUT2D eigenvalue weighted by Gasteiger charge is 2.31. The molecule has 0 aromatic heterocycles. The van der Waals surface area contributed by atoms with Crippen LogP contribution in [0.3, 0.4) is 0 Å². The maximum absolute atomic E-state index is 13.2. The molecule has 0 aliphatic rings. The summed E-state index contributed by atoms with van der Waals surface area (Å²) in [6.45, 7) is 9.78. The second kappa shape index (κ2) is 84.1. The van der Waals surface area contributed by atoms with E-state index in [1.54, 1.807) is 0 Å². The summed E-state index contributed by atoms with van der Waals surface area (Å²) in [6.07, 6.45) is 79.2. The zero-order chi connectivity index (χ0) is 82.0. The van der Waals surface area contributed by atoms with Crippen LogP contribution in [0.1, 0.15) is 504 Å². The van der Waals surface area contributed by atoms with Gasteiger partial charge in [0, 0.05) is 25.7 Å². The summed E-state index contributed by atoms with van der Waals surface area (Å²) in [5.41, 5.74) is 0. The minimum atomic E-state index is -4.97. The Morgan fingerprint density at radius 3 is 0.607 bits per heavy atom. The van der Waals surface area contributed by atoms with Crippen molar-refractivity contribution in [3.8, 4) is 0 Å². The van der Waals surface area contributed by atoms with Crippen molar-refractivity contribution in [3.05, 3.63) is 0 Å². The molecule has 0 amide bonds. The van der Waals surface area contributed by atoms with Gasteiger partial charge in [-0.05, 0) is 37.5 Å². The van der Waals surface area contributed by atoms with Crippen LogP contribution in [-0.2, 0) is 65.4 Å². The van der Waals surface area contributed by atoms with E-state index < -0.39 is 97.5 Å². The number of rotatable bonds is 92. The Bertz CT molecular complexity index is 2130. The molecule has 0 saturated carbocycles. The fourth-order valence-corrected chi connectivity index (χ4v) is 16.2. The van der Waals surface area contributed by atoms with Crippen molar-refractivity contribution in [1.29, 1.82) is 0 Å². The monoisotopic (exact) mass is 1630 g/mol. The molecule has 0 radical (unpaired) electrons. The Kier molecular flexibility index (Phi) is 82.6. The molecule has 0 rings (SSSR count). The Balaban J connectivity index is 5.24. The highest BCUT2D eigenvalue weighted by atomic mass is 31.2. The third kappa shape index (κ3) is 85.9. The van der Waals surface area contributed by atoms with E-state index in [0.29, 0.717) is 25.7 Å². The molecule has 0 heterocycles. The SMILES string of the molecule is CCCCCCCCCCCCCCCCCCCCCCC(=O)OC[C@H](COP(=O)(O)OC[C@@H](O)COP(=O)(O)OC[C@@H](COC(=O)CCCCCCCCCCCCCC)OC(=O)CCCCCCCCCCCCCCCCCCC(C)C)OC(=O)CCCCCCCCCCCCCCCCCCCCC(C)C. The van der Waals surface area contributed by atoms with Gasteiger partial charge in [0.05, 0.1) is 26.4 Å². The van der Waals surface area contributed by atoms with Gasteiger partial charge in [-0.15, -0.1) is 0 Å². The van der Waals surface area contributed by atoms with Crippen molar-refractivity contribution in [2.24, 2.45) is 11.8 Å². The number of ether oxygens (including phenoxy) is 4. The smallest absolute Gasteiger partial charge is 0.462 e. The minimum absolute atomic E-state index is 0.109. The number of aliphatic hydroxyl groups is 1. The molecule has 0 aromatic rings. The average Bonchev–Trinajstić information content (AvgIpc) is 0.898. The fraction of sp³-hybridized carbons (Fsp3) is 0.957. The van der Waals surface area contributed by atoms with Gasteiger partial charge in [0.2, 0.25) is 0 Å². The normalized spacial score (nSPS) is 13.7.